The summed E-state index contributed by atoms with van der Waals surface area (Å²) in [6, 6.07) is 5.20. The number of amides is 1. The molecule has 0 aliphatic heterocycles. The van der Waals surface area contributed by atoms with Crippen LogP contribution in [0.2, 0.25) is 0 Å². The van der Waals surface area contributed by atoms with Gasteiger partial charge in [0.2, 0.25) is 0 Å². The highest BCUT2D eigenvalue weighted by atomic mass is 24.3. The minimum atomic E-state index is -0.750. The molecule has 1 aliphatic carbocycles. The average Bonchev–Trinajstić information content (AvgIpc) is 2.65. The second-order valence-electron chi connectivity index (χ2n) is 7.17. The van der Waals surface area contributed by atoms with E-state index in [1.54, 1.807) is 34.1 Å². The Balaban J connectivity index is 0.00000392. The number of aliphatic carboxylic acids is 1. The molecule has 1 amide bonds. The van der Waals surface area contributed by atoms with Crippen molar-refractivity contribution < 1.29 is 28.9 Å². The average molecular weight is 404 g/mol. The van der Waals surface area contributed by atoms with E-state index in [0.29, 0.717) is 37.2 Å². The molecule has 8 heteroatoms. The van der Waals surface area contributed by atoms with E-state index in [2.05, 4.69) is 5.32 Å². The van der Waals surface area contributed by atoms with Gasteiger partial charge in [0.05, 0.1) is 32.3 Å². The fraction of sp³-hybridized carbons (Fsp3) is 0.600. The lowest BCUT2D eigenvalue weighted by molar-refractivity contribution is -0.143. The zero-order valence-electron chi connectivity index (χ0n) is 17.1. The highest BCUT2D eigenvalue weighted by molar-refractivity contribution is 5.75. The van der Waals surface area contributed by atoms with Crippen LogP contribution in [-0.4, -0.2) is 60.5 Å². The molecule has 0 bridgehead atoms. The topological polar surface area (TPSA) is 94.1 Å². The van der Waals surface area contributed by atoms with Gasteiger partial charge in [0, 0.05) is 29.1 Å². The first-order valence-corrected chi connectivity index (χ1v) is 9.27. The van der Waals surface area contributed by atoms with Gasteiger partial charge in [-0.05, 0) is 63.1 Å². The van der Waals surface area contributed by atoms with Gasteiger partial charge in [-0.3, -0.25) is 4.79 Å². The third kappa shape index (κ3) is 6.74. The standard InChI is InChI=1S/C20H29NO6.Mg/c1-12(2)27-20(24)21-18(13-5-7-14(8-6-13)19(22)23)15-9-16(25-3)11-17(10-15)26-4;/h9-14,18H,5-8H2,1-4H3,(H,21,24)(H,22,23);. The molecule has 7 nitrogen and oxygen atoms in total. The molecule has 1 atom stereocenters. The molecule has 152 valence electrons. The Morgan fingerprint density at radius 2 is 1.57 bits per heavy atom. The lowest BCUT2D eigenvalue weighted by atomic mass is 9.76. The van der Waals surface area contributed by atoms with E-state index in [-0.39, 0.29) is 47.0 Å². The maximum Gasteiger partial charge on any atom is 0.407 e. The predicted molar refractivity (Wildman–Crippen MR) is 106 cm³/mol. The number of carboxylic acid groups (broad SMARTS) is 1. The smallest absolute Gasteiger partial charge is 0.407 e. The number of benzene rings is 1. The molecule has 1 unspecified atom stereocenters. The van der Waals surface area contributed by atoms with Crippen molar-refractivity contribution in [1.29, 1.82) is 0 Å². The highest BCUT2D eigenvalue weighted by Crippen LogP contribution is 2.39. The molecule has 1 fully saturated rings. The van der Waals surface area contributed by atoms with Crippen molar-refractivity contribution in [2.75, 3.05) is 14.2 Å². The number of nitrogens with one attached hydrogen (secondary N) is 1. The second-order valence-corrected chi connectivity index (χ2v) is 7.17. The zero-order chi connectivity index (χ0) is 20.0. The molecule has 0 spiro atoms. The van der Waals surface area contributed by atoms with Crippen molar-refractivity contribution in [3.63, 3.8) is 0 Å². The van der Waals surface area contributed by atoms with Gasteiger partial charge in [0.15, 0.2) is 0 Å². The van der Waals surface area contributed by atoms with Gasteiger partial charge >= 0.3 is 12.1 Å². The lowest BCUT2D eigenvalue weighted by Crippen LogP contribution is -2.37. The van der Waals surface area contributed by atoms with Gasteiger partial charge < -0.3 is 24.6 Å². The van der Waals surface area contributed by atoms with Crippen LogP contribution in [0.15, 0.2) is 18.2 Å². The van der Waals surface area contributed by atoms with E-state index < -0.39 is 12.1 Å². The minimum Gasteiger partial charge on any atom is -0.497 e. The van der Waals surface area contributed by atoms with E-state index in [1.165, 1.54) is 0 Å². The first-order chi connectivity index (χ1) is 12.8. The van der Waals surface area contributed by atoms with Crippen molar-refractivity contribution >= 4 is 35.1 Å². The van der Waals surface area contributed by atoms with Crippen LogP contribution >= 0.6 is 0 Å². The van der Waals surface area contributed by atoms with Crippen molar-refractivity contribution in [2.24, 2.45) is 11.8 Å². The van der Waals surface area contributed by atoms with Gasteiger partial charge in [-0.15, -0.1) is 0 Å². The van der Waals surface area contributed by atoms with Crippen molar-refractivity contribution in [1.82, 2.24) is 5.32 Å². The SMILES string of the molecule is COc1cc(OC)cc(C(NC(=O)OC(C)C)C2CCC(C(=O)O)CC2)c1.[Mg]. The molecule has 0 heterocycles. The molecule has 1 saturated carbocycles. The Kier molecular flexibility index (Phi) is 9.88. The summed E-state index contributed by atoms with van der Waals surface area (Å²) in [5, 5.41) is 12.2. The quantitative estimate of drug-likeness (QED) is 0.678. The highest BCUT2D eigenvalue weighted by Gasteiger charge is 2.33. The Labute approximate surface area is 182 Å². The minimum absolute atomic E-state index is 0. The molecule has 1 aliphatic rings. The van der Waals surface area contributed by atoms with Crippen LogP contribution in [0, 0.1) is 11.8 Å². The molecule has 1 aromatic carbocycles. The van der Waals surface area contributed by atoms with Crippen LogP contribution in [0.25, 0.3) is 0 Å². The summed E-state index contributed by atoms with van der Waals surface area (Å²) in [5.41, 5.74) is 0.852. The molecule has 0 saturated heterocycles. The number of methoxy groups -OCH3 is 2. The number of alkyl carbamates (subject to hydrolysis) is 1. The molecule has 1 aromatic rings. The maximum atomic E-state index is 12.3. The van der Waals surface area contributed by atoms with Gasteiger partial charge in [-0.1, -0.05) is 0 Å². The molecular weight excluding hydrogens is 375 g/mol. The third-order valence-electron chi connectivity index (χ3n) is 4.94. The lowest BCUT2D eigenvalue weighted by Gasteiger charge is -2.33. The van der Waals surface area contributed by atoms with E-state index in [1.807, 2.05) is 12.1 Å². The predicted octanol–water partition coefficient (Wildman–Crippen LogP) is 3.39. The van der Waals surface area contributed by atoms with Crippen molar-refractivity contribution in [3.8, 4) is 11.5 Å². The molecule has 0 aromatic heterocycles. The fourth-order valence-corrected chi connectivity index (χ4v) is 3.56. The fourth-order valence-electron chi connectivity index (χ4n) is 3.56. The summed E-state index contributed by atoms with van der Waals surface area (Å²) in [6.07, 6.45) is 1.90. The van der Waals surface area contributed by atoms with Crippen LogP contribution in [0.1, 0.15) is 51.1 Å². The van der Waals surface area contributed by atoms with E-state index in [0.717, 1.165) is 5.56 Å². The Bertz CT molecular complexity index is 636. The molecule has 28 heavy (non-hydrogen) atoms. The summed E-state index contributed by atoms with van der Waals surface area (Å²) in [4.78, 5) is 23.5. The number of hydrogen-bond acceptors (Lipinski definition) is 5. The van der Waals surface area contributed by atoms with Crippen molar-refractivity contribution in [2.45, 2.75) is 51.7 Å². The van der Waals surface area contributed by atoms with Crippen LogP contribution in [0.5, 0.6) is 11.5 Å². The first kappa shape index (κ1) is 24.4. The van der Waals surface area contributed by atoms with E-state index >= 15 is 0 Å². The summed E-state index contributed by atoms with van der Waals surface area (Å²) >= 11 is 0. The van der Waals surface area contributed by atoms with Gasteiger partial charge in [0.25, 0.3) is 0 Å². The monoisotopic (exact) mass is 403 g/mol. The summed E-state index contributed by atoms with van der Waals surface area (Å²) < 4.78 is 16.0. The molecular formula is C20H29MgNO6. The second kappa shape index (κ2) is 11.4. The number of carboxylic acids is 1. The van der Waals surface area contributed by atoms with E-state index in [9.17, 15) is 14.7 Å². The number of rotatable bonds is 7. The zero-order valence-corrected chi connectivity index (χ0v) is 18.5. The summed E-state index contributed by atoms with van der Waals surface area (Å²) in [6.45, 7) is 3.59. The number of carbonyl (C=O) groups is 2. The van der Waals surface area contributed by atoms with Gasteiger partial charge in [-0.2, -0.15) is 0 Å². The van der Waals surface area contributed by atoms with Gasteiger partial charge in [0.1, 0.15) is 11.5 Å². The van der Waals surface area contributed by atoms with Crippen molar-refractivity contribution in [3.05, 3.63) is 23.8 Å². The molecule has 2 N–H and O–H groups in total. The van der Waals surface area contributed by atoms with Crippen LogP contribution in [0.3, 0.4) is 0 Å². The largest absolute Gasteiger partial charge is 0.497 e. The Morgan fingerprint density at radius 3 is 2.00 bits per heavy atom. The first-order valence-electron chi connectivity index (χ1n) is 9.27. The van der Waals surface area contributed by atoms with E-state index in [4.69, 9.17) is 14.2 Å². The van der Waals surface area contributed by atoms with Gasteiger partial charge in [-0.25, -0.2) is 4.79 Å². The Morgan fingerprint density at radius 1 is 1.04 bits per heavy atom. The molecule has 2 rings (SSSR count). The number of carbonyl (C=O) groups excluding carboxylic acids is 1. The van der Waals surface area contributed by atoms with Crippen LogP contribution < -0.4 is 14.8 Å². The van der Waals surface area contributed by atoms with Crippen LogP contribution in [-0.2, 0) is 9.53 Å². The summed E-state index contributed by atoms with van der Waals surface area (Å²) in [7, 11) is 3.15. The maximum absolute atomic E-state index is 12.3. The summed E-state index contributed by atoms with van der Waals surface area (Å²) in [5.74, 6) is 0.307. The van der Waals surface area contributed by atoms with Crippen LogP contribution in [0.4, 0.5) is 4.79 Å². The normalized spacial score (nSPS) is 19.9. The number of ether oxygens (including phenoxy) is 3. The Hall–Kier alpha value is -1.67. The molecule has 2 radical (unpaired) electrons. The number of hydrogen-bond donors (Lipinski definition) is 2. The third-order valence-corrected chi connectivity index (χ3v) is 4.94.